The van der Waals surface area contributed by atoms with E-state index in [2.05, 4.69) is 17.4 Å². The Morgan fingerprint density at radius 2 is 1.90 bits per heavy atom. The maximum atomic E-state index is 11.8. The van der Waals surface area contributed by atoms with Crippen molar-refractivity contribution < 1.29 is 4.79 Å². The fourth-order valence-corrected chi connectivity index (χ4v) is 3.05. The number of nitrogens with zero attached hydrogens (tertiary/aromatic N) is 1. The molecular weight excluding hydrogens is 250 g/mol. The minimum atomic E-state index is -0.213. The summed E-state index contributed by atoms with van der Waals surface area (Å²) in [5.74, 6) is 5.04. The average molecular weight is 275 g/mol. The third kappa shape index (κ3) is 3.81. The Labute approximate surface area is 121 Å². The second-order valence-corrected chi connectivity index (χ2v) is 5.69. The molecule has 1 aromatic rings. The summed E-state index contributed by atoms with van der Waals surface area (Å²) in [6, 6.07) is 8.32. The first-order valence-electron chi connectivity index (χ1n) is 7.51. The molecule has 1 fully saturated rings. The van der Waals surface area contributed by atoms with Crippen LogP contribution in [0.25, 0.3) is 0 Å². The van der Waals surface area contributed by atoms with Crippen molar-refractivity contribution in [3.8, 4) is 0 Å². The fraction of sp³-hybridized carbons (Fsp3) is 0.562. The van der Waals surface area contributed by atoms with Gasteiger partial charge in [0.25, 0.3) is 5.91 Å². The number of hydrogen-bond donors (Lipinski definition) is 2. The molecular formula is C16H25N3O. The van der Waals surface area contributed by atoms with Gasteiger partial charge in [0.15, 0.2) is 0 Å². The zero-order valence-electron chi connectivity index (χ0n) is 12.3. The van der Waals surface area contributed by atoms with Crippen LogP contribution in [-0.4, -0.2) is 23.9 Å². The first-order chi connectivity index (χ1) is 9.72. The van der Waals surface area contributed by atoms with E-state index in [9.17, 15) is 4.79 Å². The molecule has 2 rings (SSSR count). The van der Waals surface area contributed by atoms with Crippen LogP contribution in [0.15, 0.2) is 24.3 Å². The van der Waals surface area contributed by atoms with Gasteiger partial charge in [0.05, 0.1) is 0 Å². The van der Waals surface area contributed by atoms with E-state index in [1.165, 1.54) is 38.5 Å². The summed E-state index contributed by atoms with van der Waals surface area (Å²) in [4.78, 5) is 14.2. The van der Waals surface area contributed by atoms with E-state index in [-0.39, 0.29) is 5.91 Å². The normalized spacial score (nSPS) is 16.9. The Morgan fingerprint density at radius 3 is 2.55 bits per heavy atom. The predicted molar refractivity (Wildman–Crippen MR) is 81.1 cm³/mol. The monoisotopic (exact) mass is 275 g/mol. The Bertz CT molecular complexity index is 439. The molecule has 0 saturated heterocycles. The Morgan fingerprint density at radius 1 is 1.25 bits per heavy atom. The Kier molecular flexibility index (Phi) is 5.56. The number of rotatable bonds is 4. The van der Waals surface area contributed by atoms with Crippen molar-refractivity contribution in [1.82, 2.24) is 10.3 Å². The fourth-order valence-electron chi connectivity index (χ4n) is 3.05. The van der Waals surface area contributed by atoms with Crippen molar-refractivity contribution >= 4 is 5.91 Å². The van der Waals surface area contributed by atoms with Crippen LogP contribution in [0.5, 0.6) is 0 Å². The number of carbonyl (C=O) groups is 1. The molecule has 4 nitrogen and oxygen atoms in total. The van der Waals surface area contributed by atoms with Crippen LogP contribution in [0.1, 0.15) is 54.4 Å². The lowest BCUT2D eigenvalue weighted by molar-refractivity contribution is 0.0951. The van der Waals surface area contributed by atoms with Crippen molar-refractivity contribution in [2.24, 2.45) is 5.84 Å². The molecule has 0 unspecified atom stereocenters. The lowest BCUT2D eigenvalue weighted by atomic mass is 10.0. The minimum absolute atomic E-state index is 0.213. The molecule has 4 heteroatoms. The summed E-state index contributed by atoms with van der Waals surface area (Å²) in [5, 5.41) is 0. The highest BCUT2D eigenvalue weighted by Crippen LogP contribution is 2.23. The summed E-state index contributed by atoms with van der Waals surface area (Å²) >= 11 is 0. The number of benzene rings is 1. The molecule has 20 heavy (non-hydrogen) atoms. The molecule has 0 atom stereocenters. The van der Waals surface area contributed by atoms with E-state index >= 15 is 0 Å². The molecule has 110 valence electrons. The molecule has 0 aromatic heterocycles. The number of amides is 1. The van der Waals surface area contributed by atoms with E-state index in [1.807, 2.05) is 24.3 Å². The van der Waals surface area contributed by atoms with Crippen LogP contribution in [0.4, 0.5) is 0 Å². The van der Waals surface area contributed by atoms with E-state index in [0.29, 0.717) is 11.6 Å². The lowest BCUT2D eigenvalue weighted by Crippen LogP contribution is -2.34. The molecule has 0 bridgehead atoms. The summed E-state index contributed by atoms with van der Waals surface area (Å²) < 4.78 is 0. The van der Waals surface area contributed by atoms with Crippen LogP contribution in [-0.2, 0) is 6.54 Å². The molecule has 0 spiro atoms. The van der Waals surface area contributed by atoms with Crippen LogP contribution in [0.2, 0.25) is 0 Å². The van der Waals surface area contributed by atoms with Crippen molar-refractivity contribution in [2.45, 2.75) is 51.1 Å². The van der Waals surface area contributed by atoms with Gasteiger partial charge in [-0.1, -0.05) is 43.9 Å². The van der Waals surface area contributed by atoms with Crippen LogP contribution < -0.4 is 11.3 Å². The highest BCUT2D eigenvalue weighted by molar-refractivity contribution is 5.95. The summed E-state index contributed by atoms with van der Waals surface area (Å²) in [5.41, 5.74) is 3.95. The topological polar surface area (TPSA) is 58.4 Å². The van der Waals surface area contributed by atoms with Gasteiger partial charge in [-0.2, -0.15) is 0 Å². The summed E-state index contributed by atoms with van der Waals surface area (Å²) in [6.07, 6.45) is 7.89. The van der Waals surface area contributed by atoms with Crippen molar-refractivity contribution in [3.63, 3.8) is 0 Å². The molecule has 1 aliphatic rings. The lowest BCUT2D eigenvalue weighted by Gasteiger charge is -2.27. The predicted octanol–water partition coefficient (Wildman–Crippen LogP) is 2.44. The third-order valence-electron chi connectivity index (χ3n) is 4.26. The largest absolute Gasteiger partial charge is 0.299 e. The van der Waals surface area contributed by atoms with Crippen molar-refractivity contribution in [2.75, 3.05) is 7.05 Å². The molecule has 1 amide bonds. The summed E-state index contributed by atoms with van der Waals surface area (Å²) in [6.45, 7) is 0.800. The first kappa shape index (κ1) is 15.0. The second kappa shape index (κ2) is 7.41. The maximum absolute atomic E-state index is 11.8. The molecule has 1 aromatic carbocycles. The summed E-state index contributed by atoms with van der Waals surface area (Å²) in [7, 11) is 2.16. The minimum Gasteiger partial charge on any atom is -0.299 e. The van der Waals surface area contributed by atoms with Crippen molar-refractivity contribution in [3.05, 3.63) is 35.4 Å². The van der Waals surface area contributed by atoms with E-state index in [4.69, 9.17) is 5.84 Å². The standard InChI is InChI=1S/C16H25N3O/c1-19(14-9-4-2-3-5-10-14)12-13-8-6-7-11-15(13)16(20)18-17/h6-8,11,14H,2-5,9-10,12,17H2,1H3,(H,18,20). The van der Waals surface area contributed by atoms with Crippen LogP contribution >= 0.6 is 0 Å². The molecule has 1 aliphatic carbocycles. The highest BCUT2D eigenvalue weighted by Gasteiger charge is 2.19. The van der Waals surface area contributed by atoms with E-state index in [1.54, 1.807) is 0 Å². The zero-order valence-corrected chi connectivity index (χ0v) is 12.3. The molecule has 3 N–H and O–H groups in total. The maximum Gasteiger partial charge on any atom is 0.265 e. The Hall–Kier alpha value is -1.39. The molecule has 0 heterocycles. The molecule has 1 saturated carbocycles. The second-order valence-electron chi connectivity index (χ2n) is 5.69. The van der Waals surface area contributed by atoms with Gasteiger partial charge in [0, 0.05) is 18.2 Å². The Balaban J connectivity index is 2.06. The van der Waals surface area contributed by atoms with Gasteiger partial charge >= 0.3 is 0 Å². The highest BCUT2D eigenvalue weighted by atomic mass is 16.2. The van der Waals surface area contributed by atoms with Gasteiger partial charge in [-0.3, -0.25) is 15.1 Å². The van der Waals surface area contributed by atoms with Gasteiger partial charge in [0.1, 0.15) is 0 Å². The quantitative estimate of drug-likeness (QED) is 0.384. The van der Waals surface area contributed by atoms with Gasteiger partial charge < -0.3 is 0 Å². The smallest absolute Gasteiger partial charge is 0.265 e. The van der Waals surface area contributed by atoms with E-state index in [0.717, 1.165) is 12.1 Å². The van der Waals surface area contributed by atoms with Gasteiger partial charge in [-0.15, -0.1) is 0 Å². The number of nitrogens with one attached hydrogen (secondary N) is 1. The van der Waals surface area contributed by atoms with Crippen LogP contribution in [0, 0.1) is 0 Å². The third-order valence-corrected chi connectivity index (χ3v) is 4.26. The number of hydrogen-bond acceptors (Lipinski definition) is 3. The average Bonchev–Trinajstić information content (AvgIpc) is 2.76. The number of hydrazine groups is 1. The van der Waals surface area contributed by atoms with Gasteiger partial charge in [-0.25, -0.2) is 5.84 Å². The van der Waals surface area contributed by atoms with Gasteiger partial charge in [-0.05, 0) is 31.5 Å². The molecule has 0 aliphatic heterocycles. The number of nitrogen functional groups attached to an aromatic ring is 1. The molecule has 0 radical (unpaired) electrons. The van der Waals surface area contributed by atoms with Crippen LogP contribution in [0.3, 0.4) is 0 Å². The zero-order chi connectivity index (χ0) is 14.4. The van der Waals surface area contributed by atoms with E-state index < -0.39 is 0 Å². The SMILES string of the molecule is CN(Cc1ccccc1C(=O)NN)C1CCCCCC1. The van der Waals surface area contributed by atoms with Gasteiger partial charge in [0.2, 0.25) is 0 Å². The van der Waals surface area contributed by atoms with Crippen molar-refractivity contribution in [1.29, 1.82) is 0 Å². The number of nitrogens with two attached hydrogens (primary N) is 1. The first-order valence-corrected chi connectivity index (χ1v) is 7.51. The number of carbonyl (C=O) groups excluding carboxylic acids is 1.